The van der Waals surface area contributed by atoms with E-state index in [-0.39, 0.29) is 17.3 Å². The molecule has 0 amide bonds. The van der Waals surface area contributed by atoms with Crippen molar-refractivity contribution in [2.24, 2.45) is 0 Å². The highest BCUT2D eigenvalue weighted by atomic mass is 32.2. The van der Waals surface area contributed by atoms with Gasteiger partial charge in [0.25, 0.3) is 5.69 Å². The van der Waals surface area contributed by atoms with E-state index in [1.54, 1.807) is 11.8 Å². The third kappa shape index (κ3) is 3.63. The highest BCUT2D eigenvalue weighted by molar-refractivity contribution is 7.98. The molecular weight excluding hydrogens is 280 g/mol. The monoisotopic (exact) mass is 298 g/mol. The molecule has 6 nitrogen and oxygen atoms in total. The summed E-state index contributed by atoms with van der Waals surface area (Å²) >= 11 is 1.68. The van der Waals surface area contributed by atoms with Crippen molar-refractivity contribution in [2.75, 3.05) is 24.0 Å². The van der Waals surface area contributed by atoms with Gasteiger partial charge in [0, 0.05) is 31.0 Å². The van der Waals surface area contributed by atoms with Crippen molar-refractivity contribution in [2.45, 2.75) is 19.4 Å². The molecule has 0 saturated heterocycles. The number of non-ortho nitro benzene ring substituents is 1. The minimum Gasteiger partial charge on any atom is -0.478 e. The molecule has 0 aliphatic rings. The highest BCUT2D eigenvalue weighted by Crippen LogP contribution is 2.27. The Labute approximate surface area is 121 Å². The van der Waals surface area contributed by atoms with E-state index in [1.165, 1.54) is 12.1 Å². The van der Waals surface area contributed by atoms with Gasteiger partial charge in [-0.15, -0.1) is 0 Å². The van der Waals surface area contributed by atoms with E-state index < -0.39 is 10.9 Å². The van der Waals surface area contributed by atoms with Crippen molar-refractivity contribution < 1.29 is 14.8 Å². The van der Waals surface area contributed by atoms with Crippen LogP contribution in [0, 0.1) is 10.1 Å². The number of nitro groups is 1. The summed E-state index contributed by atoms with van der Waals surface area (Å²) in [4.78, 5) is 23.4. The predicted molar refractivity (Wildman–Crippen MR) is 80.9 cm³/mol. The molecule has 7 heteroatoms. The van der Waals surface area contributed by atoms with Crippen LogP contribution in [0.4, 0.5) is 11.4 Å². The lowest BCUT2D eigenvalue weighted by molar-refractivity contribution is -0.384. The molecule has 110 valence electrons. The molecule has 0 aromatic heterocycles. The lowest BCUT2D eigenvalue weighted by Gasteiger charge is -2.29. The zero-order chi connectivity index (χ0) is 15.3. The Morgan fingerprint density at radius 1 is 1.55 bits per heavy atom. The van der Waals surface area contributed by atoms with Crippen molar-refractivity contribution in [3.63, 3.8) is 0 Å². The standard InChI is InChI=1S/C13H18N2O4S/c1-4-9(8-20-3)14(2)12-6-5-10(15(18)19)7-11(12)13(16)17/h5-7,9H,4,8H2,1-3H3,(H,16,17). The summed E-state index contributed by atoms with van der Waals surface area (Å²) < 4.78 is 0. The summed E-state index contributed by atoms with van der Waals surface area (Å²) in [5.41, 5.74) is 0.253. The highest BCUT2D eigenvalue weighted by Gasteiger charge is 2.21. The third-order valence-corrected chi connectivity index (χ3v) is 3.90. The van der Waals surface area contributed by atoms with E-state index in [1.807, 2.05) is 25.1 Å². The molecule has 0 radical (unpaired) electrons. The van der Waals surface area contributed by atoms with Crippen LogP contribution in [0.15, 0.2) is 18.2 Å². The number of nitro benzene ring substituents is 1. The van der Waals surface area contributed by atoms with Gasteiger partial charge in [-0.1, -0.05) is 6.92 Å². The maximum Gasteiger partial charge on any atom is 0.338 e. The average Bonchev–Trinajstić information content (AvgIpc) is 2.43. The minimum atomic E-state index is -1.16. The first-order valence-electron chi connectivity index (χ1n) is 6.15. The maximum absolute atomic E-state index is 11.3. The molecule has 0 saturated carbocycles. The van der Waals surface area contributed by atoms with Gasteiger partial charge >= 0.3 is 5.97 Å². The third-order valence-electron chi connectivity index (χ3n) is 3.18. The van der Waals surface area contributed by atoms with E-state index >= 15 is 0 Å². The summed E-state index contributed by atoms with van der Waals surface area (Å²) in [6.45, 7) is 2.03. The number of carbonyl (C=O) groups is 1. The fourth-order valence-corrected chi connectivity index (χ4v) is 2.85. The number of nitrogens with zero attached hydrogens (tertiary/aromatic N) is 2. The van der Waals surface area contributed by atoms with Gasteiger partial charge in [-0.25, -0.2) is 4.79 Å². The van der Waals surface area contributed by atoms with E-state index in [2.05, 4.69) is 0 Å². The van der Waals surface area contributed by atoms with E-state index in [0.717, 1.165) is 18.2 Å². The number of rotatable bonds is 7. The molecule has 20 heavy (non-hydrogen) atoms. The van der Waals surface area contributed by atoms with E-state index in [9.17, 15) is 20.0 Å². The second-order valence-electron chi connectivity index (χ2n) is 4.39. The van der Waals surface area contributed by atoms with Crippen LogP contribution >= 0.6 is 11.8 Å². The summed E-state index contributed by atoms with van der Waals surface area (Å²) in [5, 5.41) is 20.0. The molecule has 1 N–H and O–H groups in total. The summed E-state index contributed by atoms with van der Waals surface area (Å²) in [7, 11) is 1.82. The van der Waals surface area contributed by atoms with Gasteiger partial charge in [0.05, 0.1) is 16.2 Å². The number of aromatic carboxylic acids is 1. The maximum atomic E-state index is 11.3. The van der Waals surface area contributed by atoms with Crippen LogP contribution in [0.2, 0.25) is 0 Å². The van der Waals surface area contributed by atoms with Crippen molar-refractivity contribution >= 4 is 29.1 Å². The number of hydrogen-bond donors (Lipinski definition) is 1. The lowest BCUT2D eigenvalue weighted by Crippen LogP contribution is -2.34. The summed E-state index contributed by atoms with van der Waals surface area (Å²) in [5.74, 6) is -0.294. The fourth-order valence-electron chi connectivity index (χ4n) is 2.01. The Hall–Kier alpha value is -1.76. The number of carboxylic acid groups (broad SMARTS) is 1. The van der Waals surface area contributed by atoms with Gasteiger partial charge in [-0.05, 0) is 18.7 Å². The molecular formula is C13H18N2O4S. The molecule has 0 aliphatic carbocycles. The van der Waals surface area contributed by atoms with Crippen molar-refractivity contribution in [3.8, 4) is 0 Å². The molecule has 0 fully saturated rings. The first-order valence-corrected chi connectivity index (χ1v) is 7.55. The average molecular weight is 298 g/mol. The minimum absolute atomic E-state index is 0.0405. The second kappa shape index (κ2) is 7.14. The Morgan fingerprint density at radius 2 is 2.20 bits per heavy atom. The van der Waals surface area contributed by atoms with Gasteiger partial charge in [0.15, 0.2) is 0 Å². The topological polar surface area (TPSA) is 83.7 Å². The number of carboxylic acids is 1. The zero-order valence-corrected chi connectivity index (χ0v) is 12.5. The Balaban J connectivity index is 3.22. The molecule has 1 rings (SSSR count). The second-order valence-corrected chi connectivity index (χ2v) is 5.30. The van der Waals surface area contributed by atoms with Crippen LogP contribution in [0.25, 0.3) is 0 Å². The normalized spacial score (nSPS) is 11.9. The van der Waals surface area contributed by atoms with Crippen LogP contribution in [-0.2, 0) is 0 Å². The molecule has 0 bridgehead atoms. The number of anilines is 1. The molecule has 0 spiro atoms. The van der Waals surface area contributed by atoms with Crippen LogP contribution < -0.4 is 4.90 Å². The molecule has 1 aromatic carbocycles. The quantitative estimate of drug-likeness (QED) is 0.615. The first kappa shape index (κ1) is 16.3. The van der Waals surface area contributed by atoms with Crippen molar-refractivity contribution in [1.82, 2.24) is 0 Å². The fraction of sp³-hybridized carbons (Fsp3) is 0.462. The van der Waals surface area contributed by atoms with Gasteiger partial charge in [-0.3, -0.25) is 10.1 Å². The predicted octanol–water partition coefficient (Wildman–Crippen LogP) is 2.87. The van der Waals surface area contributed by atoms with Crippen LogP contribution in [0.3, 0.4) is 0 Å². The Kier molecular flexibility index (Phi) is 5.82. The first-order chi connectivity index (χ1) is 9.42. The van der Waals surface area contributed by atoms with Crippen molar-refractivity contribution in [3.05, 3.63) is 33.9 Å². The summed E-state index contributed by atoms with van der Waals surface area (Å²) in [6, 6.07) is 4.14. The lowest BCUT2D eigenvalue weighted by atomic mass is 10.1. The molecule has 0 heterocycles. The van der Waals surface area contributed by atoms with E-state index in [4.69, 9.17) is 0 Å². The van der Waals surface area contributed by atoms with Crippen LogP contribution in [0.1, 0.15) is 23.7 Å². The van der Waals surface area contributed by atoms with Gasteiger partial charge in [0.2, 0.25) is 0 Å². The Bertz CT molecular complexity index is 507. The Morgan fingerprint density at radius 3 is 2.65 bits per heavy atom. The summed E-state index contributed by atoms with van der Waals surface area (Å²) in [6.07, 6.45) is 2.86. The van der Waals surface area contributed by atoms with E-state index in [0.29, 0.717) is 5.69 Å². The molecule has 0 aliphatic heterocycles. The number of hydrogen-bond acceptors (Lipinski definition) is 5. The van der Waals surface area contributed by atoms with Gasteiger partial charge in [-0.2, -0.15) is 11.8 Å². The molecule has 1 atom stereocenters. The van der Waals surface area contributed by atoms with Crippen molar-refractivity contribution in [1.29, 1.82) is 0 Å². The number of thioether (sulfide) groups is 1. The SMILES string of the molecule is CCC(CSC)N(C)c1ccc([N+](=O)[O-])cc1C(=O)O. The largest absolute Gasteiger partial charge is 0.478 e. The van der Waals surface area contributed by atoms with Gasteiger partial charge < -0.3 is 10.0 Å². The number of benzene rings is 1. The van der Waals surface area contributed by atoms with Crippen LogP contribution in [0.5, 0.6) is 0 Å². The van der Waals surface area contributed by atoms with Crippen LogP contribution in [-0.4, -0.2) is 41.1 Å². The zero-order valence-electron chi connectivity index (χ0n) is 11.7. The molecule has 1 aromatic rings. The molecule has 1 unspecified atom stereocenters. The smallest absolute Gasteiger partial charge is 0.338 e. The van der Waals surface area contributed by atoms with Gasteiger partial charge in [0.1, 0.15) is 0 Å².